The largest absolute Gasteiger partial charge is 0.420 e. The van der Waals surface area contributed by atoms with Gasteiger partial charge >= 0.3 is 0 Å². The molecule has 152 valence electrons. The Morgan fingerprint density at radius 3 is 2.86 bits per heavy atom. The summed E-state index contributed by atoms with van der Waals surface area (Å²) in [6.45, 7) is 3.85. The molecule has 0 radical (unpaired) electrons. The van der Waals surface area contributed by atoms with E-state index in [-0.39, 0.29) is 11.8 Å². The number of piperidine rings is 1. The molecule has 4 rings (SSSR count). The van der Waals surface area contributed by atoms with Crippen molar-refractivity contribution in [3.05, 3.63) is 23.4 Å². The molecular formula is C22H31N3O2S. The smallest absolute Gasteiger partial charge is 0.257 e. The molecule has 1 aliphatic carbocycles. The van der Waals surface area contributed by atoms with Crippen molar-refractivity contribution in [2.75, 3.05) is 13.1 Å². The van der Waals surface area contributed by atoms with E-state index < -0.39 is 0 Å². The minimum absolute atomic E-state index is 0.166. The summed E-state index contributed by atoms with van der Waals surface area (Å²) in [6, 6.07) is 3.98. The van der Waals surface area contributed by atoms with Crippen LogP contribution in [0.4, 0.5) is 0 Å². The van der Waals surface area contributed by atoms with Crippen LogP contribution in [0.1, 0.15) is 76.5 Å². The van der Waals surface area contributed by atoms with Crippen molar-refractivity contribution in [3.8, 4) is 10.8 Å². The van der Waals surface area contributed by atoms with E-state index in [1.54, 1.807) is 11.3 Å². The van der Waals surface area contributed by atoms with Crippen molar-refractivity contribution >= 4 is 17.2 Å². The van der Waals surface area contributed by atoms with Crippen LogP contribution in [0.25, 0.3) is 10.8 Å². The quantitative estimate of drug-likeness (QED) is 0.641. The maximum absolute atomic E-state index is 13.1. The third-order valence-corrected chi connectivity index (χ3v) is 7.27. The van der Waals surface area contributed by atoms with Gasteiger partial charge in [0.05, 0.1) is 10.8 Å². The van der Waals surface area contributed by atoms with E-state index in [0.29, 0.717) is 17.7 Å². The monoisotopic (exact) mass is 401 g/mol. The van der Waals surface area contributed by atoms with E-state index in [4.69, 9.17) is 4.42 Å². The molecule has 0 spiro atoms. The molecule has 0 bridgehead atoms. The highest BCUT2D eigenvalue weighted by Gasteiger charge is 2.33. The first-order valence-electron chi connectivity index (χ1n) is 10.9. The summed E-state index contributed by atoms with van der Waals surface area (Å²) in [5, 5.41) is 10.5. The van der Waals surface area contributed by atoms with E-state index in [2.05, 4.69) is 22.0 Å². The van der Waals surface area contributed by atoms with Gasteiger partial charge < -0.3 is 9.32 Å². The Morgan fingerprint density at radius 2 is 2.11 bits per heavy atom. The maximum atomic E-state index is 13.1. The minimum Gasteiger partial charge on any atom is -0.420 e. The standard InChI is InChI=1S/C22H31N3O2S/c1-2-3-6-16-9-11-17(12-10-16)22(26)25-13-4-7-18(15-25)20-23-24-21(27-20)19-8-5-14-28-19/h5,8,14,16-18H,2-4,6-7,9-13,15H2,1H3. The maximum Gasteiger partial charge on any atom is 0.257 e. The van der Waals surface area contributed by atoms with Gasteiger partial charge in [-0.15, -0.1) is 21.5 Å². The summed E-state index contributed by atoms with van der Waals surface area (Å²) in [7, 11) is 0. The Balaban J connectivity index is 1.33. The number of carbonyl (C=O) groups is 1. The number of rotatable bonds is 6. The minimum atomic E-state index is 0.166. The summed E-state index contributed by atoms with van der Waals surface area (Å²) in [5.41, 5.74) is 0. The first-order valence-corrected chi connectivity index (χ1v) is 11.8. The summed E-state index contributed by atoms with van der Waals surface area (Å²) in [5.74, 6) is 2.87. The second-order valence-electron chi connectivity index (χ2n) is 8.41. The van der Waals surface area contributed by atoms with Crippen LogP contribution in [0.15, 0.2) is 21.9 Å². The third kappa shape index (κ3) is 4.48. The van der Waals surface area contributed by atoms with Gasteiger partial charge in [-0.2, -0.15) is 0 Å². The fraction of sp³-hybridized carbons (Fsp3) is 0.682. The van der Waals surface area contributed by atoms with Crippen molar-refractivity contribution in [1.82, 2.24) is 15.1 Å². The van der Waals surface area contributed by atoms with E-state index in [1.807, 2.05) is 17.5 Å². The summed E-state index contributed by atoms with van der Waals surface area (Å²) in [4.78, 5) is 16.2. The van der Waals surface area contributed by atoms with Crippen molar-refractivity contribution in [1.29, 1.82) is 0 Å². The van der Waals surface area contributed by atoms with Gasteiger partial charge in [-0.1, -0.05) is 32.3 Å². The zero-order valence-electron chi connectivity index (χ0n) is 16.8. The van der Waals surface area contributed by atoms with Crippen molar-refractivity contribution in [3.63, 3.8) is 0 Å². The van der Waals surface area contributed by atoms with E-state index in [0.717, 1.165) is 49.6 Å². The summed E-state index contributed by atoms with van der Waals surface area (Å²) in [6.07, 6.45) is 10.6. The van der Waals surface area contributed by atoms with Crippen LogP contribution in [0.3, 0.4) is 0 Å². The number of carbonyl (C=O) groups excluding carboxylic acids is 1. The van der Waals surface area contributed by atoms with Gasteiger partial charge in [0.25, 0.3) is 5.89 Å². The van der Waals surface area contributed by atoms with Crippen LogP contribution in [-0.2, 0) is 4.79 Å². The van der Waals surface area contributed by atoms with Gasteiger partial charge in [0.2, 0.25) is 11.8 Å². The molecular weight excluding hydrogens is 370 g/mol. The Bertz CT molecular complexity index is 750. The highest BCUT2D eigenvalue weighted by atomic mass is 32.1. The molecule has 1 unspecified atom stereocenters. The molecule has 1 saturated carbocycles. The molecule has 2 aromatic heterocycles. The van der Waals surface area contributed by atoms with Crippen LogP contribution in [-0.4, -0.2) is 34.1 Å². The lowest BCUT2D eigenvalue weighted by Crippen LogP contribution is -2.43. The number of thiophene rings is 1. The van der Waals surface area contributed by atoms with E-state index in [9.17, 15) is 4.79 Å². The zero-order chi connectivity index (χ0) is 19.3. The molecule has 1 amide bonds. The SMILES string of the molecule is CCCCC1CCC(C(=O)N2CCCC(c3nnc(-c4cccs4)o3)C2)CC1. The molecule has 3 heterocycles. The van der Waals surface area contributed by atoms with Gasteiger partial charge in [-0.25, -0.2) is 0 Å². The Kier molecular flexibility index (Phi) is 6.45. The Morgan fingerprint density at radius 1 is 1.25 bits per heavy atom. The van der Waals surface area contributed by atoms with Crippen molar-refractivity contribution < 1.29 is 9.21 Å². The van der Waals surface area contributed by atoms with Crippen LogP contribution in [0, 0.1) is 11.8 Å². The molecule has 1 atom stereocenters. The number of amides is 1. The number of aromatic nitrogens is 2. The molecule has 28 heavy (non-hydrogen) atoms. The number of hydrogen-bond donors (Lipinski definition) is 0. The third-order valence-electron chi connectivity index (χ3n) is 6.42. The predicted molar refractivity (Wildman–Crippen MR) is 111 cm³/mol. The van der Waals surface area contributed by atoms with Gasteiger partial charge in [0.1, 0.15) is 0 Å². The fourth-order valence-corrected chi connectivity index (χ4v) is 5.37. The summed E-state index contributed by atoms with van der Waals surface area (Å²) >= 11 is 1.60. The lowest BCUT2D eigenvalue weighted by Gasteiger charge is -2.36. The first kappa shape index (κ1) is 19.6. The summed E-state index contributed by atoms with van der Waals surface area (Å²) < 4.78 is 5.94. The number of likely N-dealkylation sites (tertiary alicyclic amines) is 1. The van der Waals surface area contributed by atoms with Gasteiger partial charge in [0.15, 0.2) is 0 Å². The van der Waals surface area contributed by atoms with Crippen LogP contribution >= 0.6 is 11.3 Å². The Labute approximate surface area is 171 Å². The average molecular weight is 402 g/mol. The Hall–Kier alpha value is -1.69. The number of unbranched alkanes of at least 4 members (excludes halogenated alkanes) is 1. The van der Waals surface area contributed by atoms with Crippen LogP contribution in [0.5, 0.6) is 0 Å². The topological polar surface area (TPSA) is 59.2 Å². The first-order chi connectivity index (χ1) is 13.7. The second kappa shape index (κ2) is 9.21. The zero-order valence-corrected chi connectivity index (χ0v) is 17.6. The molecule has 2 aromatic rings. The molecule has 6 heteroatoms. The molecule has 1 aliphatic heterocycles. The number of hydrogen-bond acceptors (Lipinski definition) is 5. The van der Waals surface area contributed by atoms with Gasteiger partial charge in [0, 0.05) is 19.0 Å². The average Bonchev–Trinajstić information content (AvgIpc) is 3.44. The highest BCUT2D eigenvalue weighted by molar-refractivity contribution is 7.13. The molecule has 0 N–H and O–H groups in total. The normalized spacial score (nSPS) is 25.8. The van der Waals surface area contributed by atoms with E-state index in [1.165, 1.54) is 32.1 Å². The predicted octanol–water partition coefficient (Wildman–Crippen LogP) is 5.50. The van der Waals surface area contributed by atoms with Crippen LogP contribution < -0.4 is 0 Å². The molecule has 0 aromatic carbocycles. The van der Waals surface area contributed by atoms with Crippen LogP contribution in [0.2, 0.25) is 0 Å². The lowest BCUT2D eigenvalue weighted by atomic mass is 9.79. The van der Waals surface area contributed by atoms with E-state index >= 15 is 0 Å². The molecule has 2 fully saturated rings. The van der Waals surface area contributed by atoms with Gasteiger partial charge in [-0.3, -0.25) is 4.79 Å². The molecule has 5 nitrogen and oxygen atoms in total. The van der Waals surface area contributed by atoms with Gasteiger partial charge in [-0.05, 0) is 55.9 Å². The van der Waals surface area contributed by atoms with Crippen molar-refractivity contribution in [2.24, 2.45) is 11.8 Å². The highest BCUT2D eigenvalue weighted by Crippen LogP contribution is 2.35. The molecule has 1 saturated heterocycles. The number of nitrogens with zero attached hydrogens (tertiary/aromatic N) is 3. The molecule has 2 aliphatic rings. The second-order valence-corrected chi connectivity index (χ2v) is 9.35. The van der Waals surface area contributed by atoms with Crippen molar-refractivity contribution in [2.45, 2.75) is 70.6 Å². The fourth-order valence-electron chi connectivity index (χ4n) is 4.73. The lowest BCUT2D eigenvalue weighted by molar-refractivity contribution is -0.138.